The molecule has 2 aliphatic rings. The van der Waals surface area contributed by atoms with Gasteiger partial charge in [0.15, 0.2) is 0 Å². The van der Waals surface area contributed by atoms with E-state index in [2.05, 4.69) is 12.2 Å². The average Bonchev–Trinajstić information content (AvgIpc) is 2.93. The summed E-state index contributed by atoms with van der Waals surface area (Å²) in [6, 6.07) is 6.45. The smallest absolute Gasteiger partial charge is 0.327 e. The number of nitrogens with zero attached hydrogens (tertiary/aromatic N) is 1. The first-order valence-corrected chi connectivity index (χ1v) is 6.48. The lowest BCUT2D eigenvalue weighted by Crippen LogP contribution is -2.48. The van der Waals surface area contributed by atoms with Crippen LogP contribution < -0.4 is 10.2 Å². The van der Waals surface area contributed by atoms with Gasteiger partial charge in [-0.05, 0) is 24.0 Å². The monoisotopic (exact) mass is 260 g/mol. The zero-order valence-corrected chi connectivity index (χ0v) is 10.7. The first kappa shape index (κ1) is 12.0. The Balaban J connectivity index is 1.87. The van der Waals surface area contributed by atoms with Crippen LogP contribution in [0.2, 0.25) is 0 Å². The van der Waals surface area contributed by atoms with Crippen LogP contribution in [0, 0.1) is 5.92 Å². The van der Waals surface area contributed by atoms with Crippen molar-refractivity contribution < 1.29 is 14.7 Å². The predicted octanol–water partition coefficient (Wildman–Crippen LogP) is 1.62. The molecule has 1 heterocycles. The molecular weight excluding hydrogens is 244 g/mol. The van der Waals surface area contributed by atoms with E-state index >= 15 is 0 Å². The molecule has 0 spiro atoms. The average molecular weight is 260 g/mol. The van der Waals surface area contributed by atoms with Gasteiger partial charge in [0.1, 0.15) is 6.04 Å². The highest BCUT2D eigenvalue weighted by Gasteiger charge is 2.41. The summed E-state index contributed by atoms with van der Waals surface area (Å²) in [6.07, 6.45) is 1.35. The van der Waals surface area contributed by atoms with Gasteiger partial charge < -0.3 is 10.4 Å². The molecule has 2 amide bonds. The number of carbonyl (C=O) groups is 2. The third-order valence-electron chi connectivity index (χ3n) is 3.90. The van der Waals surface area contributed by atoms with Crippen LogP contribution in [0.5, 0.6) is 0 Å². The first-order chi connectivity index (χ1) is 9.08. The van der Waals surface area contributed by atoms with Crippen molar-refractivity contribution in [2.24, 2.45) is 5.92 Å². The number of aliphatic carboxylic acids is 1. The van der Waals surface area contributed by atoms with Gasteiger partial charge in [-0.2, -0.15) is 0 Å². The van der Waals surface area contributed by atoms with Crippen molar-refractivity contribution in [3.8, 4) is 0 Å². The van der Waals surface area contributed by atoms with Crippen LogP contribution in [0.1, 0.15) is 18.9 Å². The summed E-state index contributed by atoms with van der Waals surface area (Å²) in [6.45, 7) is 2.07. The molecule has 19 heavy (non-hydrogen) atoms. The Hall–Kier alpha value is -2.04. The number of nitrogens with one attached hydrogen (secondary N) is 1. The van der Waals surface area contributed by atoms with E-state index in [1.54, 1.807) is 6.07 Å². The number of anilines is 1. The molecule has 0 bridgehead atoms. The summed E-state index contributed by atoms with van der Waals surface area (Å²) in [5.74, 6) is -0.472. The summed E-state index contributed by atoms with van der Waals surface area (Å²) in [5, 5.41) is 12.2. The molecular formula is C14H16N2O3. The number of urea groups is 1. The van der Waals surface area contributed by atoms with Gasteiger partial charge in [-0.15, -0.1) is 0 Å². The van der Waals surface area contributed by atoms with Crippen LogP contribution >= 0.6 is 0 Å². The number of carboxylic acid groups (broad SMARTS) is 1. The molecule has 0 saturated heterocycles. The van der Waals surface area contributed by atoms with Gasteiger partial charge in [0, 0.05) is 18.2 Å². The Morgan fingerprint density at radius 2 is 2.05 bits per heavy atom. The van der Waals surface area contributed by atoms with Crippen LogP contribution in [0.4, 0.5) is 10.5 Å². The van der Waals surface area contributed by atoms with E-state index in [0.29, 0.717) is 18.0 Å². The number of rotatable bonds is 2. The zero-order chi connectivity index (χ0) is 13.6. The lowest BCUT2D eigenvalue weighted by molar-refractivity contribution is -0.138. The fraction of sp³-hybridized carbons (Fsp3) is 0.429. The fourth-order valence-electron chi connectivity index (χ4n) is 2.59. The van der Waals surface area contributed by atoms with E-state index in [4.69, 9.17) is 0 Å². The SMILES string of the molecule is CC1CC1NC(=O)N1c2ccccc2CC1C(=O)O. The van der Waals surface area contributed by atoms with Gasteiger partial charge >= 0.3 is 12.0 Å². The highest BCUT2D eigenvalue weighted by Crippen LogP contribution is 2.34. The van der Waals surface area contributed by atoms with Gasteiger partial charge in [-0.25, -0.2) is 9.59 Å². The maximum atomic E-state index is 12.3. The third-order valence-corrected chi connectivity index (χ3v) is 3.90. The van der Waals surface area contributed by atoms with Gasteiger partial charge in [0.25, 0.3) is 0 Å². The Morgan fingerprint density at radius 3 is 2.68 bits per heavy atom. The van der Waals surface area contributed by atoms with Gasteiger partial charge in [-0.1, -0.05) is 25.1 Å². The second-order valence-corrected chi connectivity index (χ2v) is 5.33. The van der Waals surface area contributed by atoms with E-state index in [1.165, 1.54) is 4.90 Å². The molecule has 1 fully saturated rings. The largest absolute Gasteiger partial charge is 0.480 e. The molecule has 1 aliphatic carbocycles. The number of benzene rings is 1. The predicted molar refractivity (Wildman–Crippen MR) is 70.1 cm³/mol. The molecule has 1 aromatic carbocycles. The molecule has 5 nitrogen and oxygen atoms in total. The number of carboxylic acids is 1. The molecule has 0 radical (unpaired) electrons. The highest BCUT2D eigenvalue weighted by atomic mass is 16.4. The van der Waals surface area contributed by atoms with Gasteiger partial charge in [0.05, 0.1) is 0 Å². The van der Waals surface area contributed by atoms with Crippen LogP contribution in [0.15, 0.2) is 24.3 Å². The number of fused-ring (bicyclic) bond motifs is 1. The second kappa shape index (κ2) is 4.26. The van der Waals surface area contributed by atoms with E-state index in [0.717, 1.165) is 12.0 Å². The maximum Gasteiger partial charge on any atom is 0.327 e. The molecule has 0 aromatic heterocycles. The Labute approximate surface area is 111 Å². The van der Waals surface area contributed by atoms with E-state index in [9.17, 15) is 14.7 Å². The molecule has 5 heteroatoms. The minimum atomic E-state index is -0.963. The van der Waals surface area contributed by atoms with Crippen molar-refractivity contribution in [2.75, 3.05) is 4.90 Å². The molecule has 2 N–H and O–H groups in total. The van der Waals surface area contributed by atoms with Crippen LogP contribution in [-0.2, 0) is 11.2 Å². The summed E-state index contributed by atoms with van der Waals surface area (Å²) in [7, 11) is 0. The van der Waals surface area contributed by atoms with Crippen molar-refractivity contribution in [3.63, 3.8) is 0 Å². The zero-order valence-electron chi connectivity index (χ0n) is 10.7. The quantitative estimate of drug-likeness (QED) is 0.849. The van der Waals surface area contributed by atoms with Crippen molar-refractivity contribution in [2.45, 2.75) is 31.8 Å². The molecule has 1 aliphatic heterocycles. The molecule has 100 valence electrons. The molecule has 1 saturated carbocycles. The highest BCUT2D eigenvalue weighted by molar-refractivity contribution is 6.01. The molecule has 1 aromatic rings. The summed E-state index contributed by atoms with van der Waals surface area (Å²) in [5.41, 5.74) is 1.62. The summed E-state index contributed by atoms with van der Waals surface area (Å²) >= 11 is 0. The molecule has 3 atom stereocenters. The normalized spacial score (nSPS) is 27.8. The maximum absolute atomic E-state index is 12.3. The van der Waals surface area contributed by atoms with Crippen molar-refractivity contribution in [3.05, 3.63) is 29.8 Å². The molecule has 3 rings (SSSR count). The Morgan fingerprint density at radius 1 is 1.37 bits per heavy atom. The molecule has 3 unspecified atom stereocenters. The number of hydrogen-bond donors (Lipinski definition) is 2. The van der Waals surface area contributed by atoms with E-state index in [-0.39, 0.29) is 12.1 Å². The van der Waals surface area contributed by atoms with Crippen molar-refractivity contribution >= 4 is 17.7 Å². The lowest BCUT2D eigenvalue weighted by Gasteiger charge is -2.23. The Kier molecular flexibility index (Phi) is 2.69. The minimum Gasteiger partial charge on any atom is -0.480 e. The summed E-state index contributed by atoms with van der Waals surface area (Å²) in [4.78, 5) is 25.0. The van der Waals surface area contributed by atoms with E-state index in [1.807, 2.05) is 18.2 Å². The van der Waals surface area contributed by atoms with Crippen LogP contribution in [0.25, 0.3) is 0 Å². The minimum absolute atomic E-state index is 0.190. The van der Waals surface area contributed by atoms with Crippen molar-refractivity contribution in [1.29, 1.82) is 0 Å². The first-order valence-electron chi connectivity index (χ1n) is 6.48. The summed E-state index contributed by atoms with van der Waals surface area (Å²) < 4.78 is 0. The number of amides is 2. The number of para-hydroxylation sites is 1. The number of hydrogen-bond acceptors (Lipinski definition) is 2. The standard InChI is InChI=1S/C14H16N2O3/c1-8-6-10(8)15-14(19)16-11-5-3-2-4-9(11)7-12(16)13(17)18/h2-5,8,10,12H,6-7H2,1H3,(H,15,19)(H,17,18). The third kappa shape index (κ3) is 2.05. The second-order valence-electron chi connectivity index (χ2n) is 5.33. The van der Waals surface area contributed by atoms with Crippen LogP contribution in [0.3, 0.4) is 0 Å². The van der Waals surface area contributed by atoms with E-state index < -0.39 is 12.0 Å². The van der Waals surface area contributed by atoms with Gasteiger partial charge in [0.2, 0.25) is 0 Å². The van der Waals surface area contributed by atoms with Gasteiger partial charge in [-0.3, -0.25) is 4.90 Å². The van der Waals surface area contributed by atoms with Crippen LogP contribution in [-0.4, -0.2) is 29.2 Å². The number of carbonyl (C=O) groups excluding carboxylic acids is 1. The topological polar surface area (TPSA) is 69.6 Å². The fourth-order valence-corrected chi connectivity index (χ4v) is 2.59. The Bertz CT molecular complexity index is 543. The lowest BCUT2D eigenvalue weighted by atomic mass is 10.1. The van der Waals surface area contributed by atoms with Crippen molar-refractivity contribution in [1.82, 2.24) is 5.32 Å².